The van der Waals surface area contributed by atoms with Crippen molar-refractivity contribution in [2.24, 2.45) is 5.92 Å². The van der Waals surface area contributed by atoms with E-state index in [9.17, 15) is 4.79 Å². The number of furan rings is 1. The van der Waals surface area contributed by atoms with Crippen molar-refractivity contribution in [3.8, 4) is 6.07 Å². The average molecular weight is 291 g/mol. The molecule has 1 heterocycles. The van der Waals surface area contributed by atoms with Gasteiger partial charge in [-0.2, -0.15) is 5.26 Å². The number of nitrogens with zero attached hydrogens (tertiary/aromatic N) is 2. The summed E-state index contributed by atoms with van der Waals surface area (Å²) in [6.07, 6.45) is 0. The maximum atomic E-state index is 12.4. The van der Waals surface area contributed by atoms with Crippen molar-refractivity contribution in [3.63, 3.8) is 0 Å². The van der Waals surface area contributed by atoms with E-state index < -0.39 is 0 Å². The van der Waals surface area contributed by atoms with Crippen LogP contribution in [-0.2, 0) is 0 Å². The van der Waals surface area contributed by atoms with Crippen LogP contribution in [0.2, 0.25) is 5.02 Å². The molecule has 0 spiro atoms. The molecule has 104 valence electrons. The number of halogens is 1. The fourth-order valence-electron chi connectivity index (χ4n) is 2.00. The number of carbonyl (C=O) groups is 1. The summed E-state index contributed by atoms with van der Waals surface area (Å²) in [5.74, 6) is -0.145. The van der Waals surface area contributed by atoms with E-state index in [0.717, 1.165) is 5.39 Å². The highest BCUT2D eigenvalue weighted by molar-refractivity contribution is 6.31. The van der Waals surface area contributed by atoms with Gasteiger partial charge >= 0.3 is 0 Å². The largest absolute Gasteiger partial charge is 0.451 e. The van der Waals surface area contributed by atoms with Gasteiger partial charge in [-0.1, -0.05) is 11.6 Å². The number of hydrogen-bond acceptors (Lipinski definition) is 3. The van der Waals surface area contributed by atoms with E-state index in [1.807, 2.05) is 6.92 Å². The van der Waals surface area contributed by atoms with Gasteiger partial charge in [0.05, 0.1) is 12.0 Å². The van der Waals surface area contributed by atoms with Crippen LogP contribution in [0.5, 0.6) is 0 Å². The number of carbonyl (C=O) groups excluding carboxylic acids is 1. The van der Waals surface area contributed by atoms with Crippen molar-refractivity contribution in [1.29, 1.82) is 5.26 Å². The van der Waals surface area contributed by atoms with Crippen molar-refractivity contribution < 1.29 is 9.21 Å². The molecule has 0 saturated carbocycles. The number of hydrogen-bond donors (Lipinski definition) is 0. The lowest BCUT2D eigenvalue weighted by Crippen LogP contribution is -2.34. The van der Waals surface area contributed by atoms with Gasteiger partial charge in [-0.05, 0) is 38.1 Å². The summed E-state index contributed by atoms with van der Waals surface area (Å²) in [6, 6.07) is 9.03. The number of fused-ring (bicyclic) bond motifs is 1. The van der Waals surface area contributed by atoms with Crippen LogP contribution in [0.4, 0.5) is 0 Å². The lowest BCUT2D eigenvalue weighted by Gasteiger charge is -2.20. The van der Waals surface area contributed by atoms with Crippen LogP contribution in [0, 0.1) is 17.2 Å². The molecule has 2 rings (SSSR count). The van der Waals surface area contributed by atoms with Crippen molar-refractivity contribution in [1.82, 2.24) is 4.90 Å². The molecule has 0 aliphatic heterocycles. The first-order valence-electron chi connectivity index (χ1n) is 6.43. The van der Waals surface area contributed by atoms with Crippen LogP contribution in [0.1, 0.15) is 24.4 Å². The summed E-state index contributed by atoms with van der Waals surface area (Å²) in [5, 5.41) is 10.2. The summed E-state index contributed by atoms with van der Waals surface area (Å²) in [7, 11) is 0. The predicted molar refractivity (Wildman–Crippen MR) is 77.6 cm³/mol. The molecule has 20 heavy (non-hydrogen) atoms. The van der Waals surface area contributed by atoms with Crippen LogP contribution >= 0.6 is 11.6 Å². The standard InChI is InChI=1S/C15H15ClN2O2/c1-3-18(9-10(2)8-17)15(19)14-7-11-6-12(16)4-5-13(11)20-14/h4-7,10H,3,9H2,1-2H3/t10-/m1/s1. The third kappa shape index (κ3) is 2.94. The normalized spacial score (nSPS) is 12.1. The first kappa shape index (κ1) is 14.4. The molecule has 0 unspecified atom stereocenters. The van der Waals surface area contributed by atoms with Crippen LogP contribution in [0.25, 0.3) is 11.0 Å². The van der Waals surface area contributed by atoms with E-state index in [0.29, 0.717) is 23.7 Å². The number of nitriles is 1. The quantitative estimate of drug-likeness (QED) is 0.862. The van der Waals surface area contributed by atoms with E-state index in [-0.39, 0.29) is 17.6 Å². The molecule has 1 aromatic heterocycles. The first-order valence-corrected chi connectivity index (χ1v) is 6.81. The highest BCUT2D eigenvalue weighted by atomic mass is 35.5. The maximum Gasteiger partial charge on any atom is 0.289 e. The molecule has 0 N–H and O–H groups in total. The Labute approximate surface area is 122 Å². The highest BCUT2D eigenvalue weighted by Gasteiger charge is 2.20. The minimum Gasteiger partial charge on any atom is -0.451 e. The van der Waals surface area contributed by atoms with E-state index in [1.165, 1.54) is 0 Å². The molecule has 0 saturated heterocycles. The van der Waals surface area contributed by atoms with Gasteiger partial charge in [0.25, 0.3) is 5.91 Å². The maximum absolute atomic E-state index is 12.4. The molecule has 5 heteroatoms. The third-order valence-corrected chi connectivity index (χ3v) is 3.31. The summed E-state index contributed by atoms with van der Waals surface area (Å²) >= 11 is 5.91. The summed E-state index contributed by atoms with van der Waals surface area (Å²) in [4.78, 5) is 14.0. The Kier molecular flexibility index (Phi) is 4.31. The lowest BCUT2D eigenvalue weighted by atomic mass is 10.2. The van der Waals surface area contributed by atoms with Gasteiger partial charge in [-0.15, -0.1) is 0 Å². The lowest BCUT2D eigenvalue weighted by molar-refractivity contribution is 0.0723. The number of rotatable bonds is 4. The monoisotopic (exact) mass is 290 g/mol. The van der Waals surface area contributed by atoms with Crippen LogP contribution in [-0.4, -0.2) is 23.9 Å². The van der Waals surface area contributed by atoms with E-state index in [1.54, 1.807) is 36.1 Å². The molecule has 0 aliphatic rings. The SMILES string of the molecule is CCN(C[C@H](C)C#N)C(=O)c1cc2cc(Cl)ccc2o1. The molecule has 4 nitrogen and oxygen atoms in total. The molecule has 0 fully saturated rings. The Hall–Kier alpha value is -1.99. The Morgan fingerprint density at radius 2 is 2.25 bits per heavy atom. The third-order valence-electron chi connectivity index (χ3n) is 3.07. The van der Waals surface area contributed by atoms with Crippen LogP contribution < -0.4 is 0 Å². The minimum atomic E-state index is -0.210. The molecule has 1 atom stereocenters. The van der Waals surface area contributed by atoms with Crippen LogP contribution in [0.15, 0.2) is 28.7 Å². The van der Waals surface area contributed by atoms with Crippen LogP contribution in [0.3, 0.4) is 0 Å². The van der Waals surface area contributed by atoms with Gasteiger partial charge < -0.3 is 9.32 Å². The van der Waals surface area contributed by atoms with Crippen molar-refractivity contribution in [2.45, 2.75) is 13.8 Å². The molecule has 0 bridgehead atoms. The summed E-state index contributed by atoms with van der Waals surface area (Å²) < 4.78 is 5.55. The summed E-state index contributed by atoms with van der Waals surface area (Å²) in [6.45, 7) is 4.59. The predicted octanol–water partition coefficient (Wildman–Crippen LogP) is 3.71. The smallest absolute Gasteiger partial charge is 0.289 e. The van der Waals surface area contributed by atoms with E-state index in [4.69, 9.17) is 21.3 Å². The Bertz CT molecular complexity index is 672. The number of amides is 1. The second kappa shape index (κ2) is 5.98. The molecule has 1 amide bonds. The summed E-state index contributed by atoms with van der Waals surface area (Å²) in [5.41, 5.74) is 0.627. The fraction of sp³-hybridized carbons (Fsp3) is 0.333. The molecule has 0 aliphatic carbocycles. The van der Waals surface area contributed by atoms with Crippen molar-refractivity contribution in [2.75, 3.05) is 13.1 Å². The van der Waals surface area contributed by atoms with Crippen molar-refractivity contribution >= 4 is 28.5 Å². The van der Waals surface area contributed by atoms with Gasteiger partial charge in [-0.25, -0.2) is 0 Å². The zero-order valence-corrected chi connectivity index (χ0v) is 12.1. The zero-order valence-electron chi connectivity index (χ0n) is 11.4. The molecular weight excluding hydrogens is 276 g/mol. The highest BCUT2D eigenvalue weighted by Crippen LogP contribution is 2.24. The Morgan fingerprint density at radius 1 is 1.50 bits per heavy atom. The van der Waals surface area contributed by atoms with Gasteiger partial charge in [0.2, 0.25) is 0 Å². The molecular formula is C15H15ClN2O2. The number of benzene rings is 1. The van der Waals surface area contributed by atoms with Gasteiger partial charge in [0, 0.05) is 23.5 Å². The van der Waals surface area contributed by atoms with Crippen molar-refractivity contribution in [3.05, 3.63) is 35.0 Å². The second-order valence-electron chi connectivity index (χ2n) is 4.67. The van der Waals surface area contributed by atoms with Gasteiger partial charge in [0.1, 0.15) is 5.58 Å². The zero-order chi connectivity index (χ0) is 14.7. The molecule has 2 aromatic rings. The second-order valence-corrected chi connectivity index (χ2v) is 5.10. The Balaban J connectivity index is 2.27. The molecule has 0 radical (unpaired) electrons. The van der Waals surface area contributed by atoms with Gasteiger partial charge in [0.15, 0.2) is 5.76 Å². The Morgan fingerprint density at radius 3 is 2.90 bits per heavy atom. The van der Waals surface area contributed by atoms with E-state index in [2.05, 4.69) is 6.07 Å². The molecule has 1 aromatic carbocycles. The van der Waals surface area contributed by atoms with E-state index >= 15 is 0 Å². The first-order chi connectivity index (χ1) is 9.55. The minimum absolute atomic E-state index is 0.207. The van der Waals surface area contributed by atoms with Gasteiger partial charge in [-0.3, -0.25) is 4.79 Å². The average Bonchev–Trinajstić information content (AvgIpc) is 2.86. The fourth-order valence-corrected chi connectivity index (χ4v) is 2.18. The topological polar surface area (TPSA) is 57.2 Å².